The lowest BCUT2D eigenvalue weighted by Crippen LogP contribution is -2.06. The van der Waals surface area contributed by atoms with Gasteiger partial charge in [-0.2, -0.15) is 0 Å². The largest absolute Gasteiger partial charge is 0.383 e. The Hall–Kier alpha value is 0.350. The Labute approximate surface area is 40.5 Å². The van der Waals surface area contributed by atoms with E-state index in [1.165, 1.54) is 0 Å². The molecule has 0 saturated heterocycles. The Morgan fingerprint density at radius 3 is 2.67 bits per heavy atom. The smallest absolute Gasteiger partial charge is 0.0590 e. The first-order valence-corrected chi connectivity index (χ1v) is 2.42. The van der Waals surface area contributed by atoms with Crippen LogP contribution in [0.3, 0.4) is 0 Å². The van der Waals surface area contributed by atoms with Crippen molar-refractivity contribution in [2.45, 2.75) is 0 Å². The van der Waals surface area contributed by atoms with E-state index in [0.717, 1.165) is 13.2 Å². The molecule has 0 radical (unpaired) electrons. The number of nitrogens with one attached hydrogen (secondary N) is 1. The predicted octanol–water partition coefficient (Wildman–Crippen LogP) is 0.0125. The second kappa shape index (κ2) is 5.35. The molecular weight excluding hydrogens is 97.0 g/mol. The van der Waals surface area contributed by atoms with E-state index in [4.69, 9.17) is 4.74 Å². The molecule has 38 valence electrons. The fraction of sp³-hybridized carbons (Fsp3) is 1.00. The second-order valence-corrected chi connectivity index (χ2v) is 1.36. The van der Waals surface area contributed by atoms with Crippen LogP contribution < -0.4 is 5.09 Å². The number of hydrogen-bond acceptors (Lipinski definition) is 2. The molecule has 2 nitrogen and oxygen atoms in total. The molecule has 0 aliphatic carbocycles. The lowest BCUT2D eigenvalue weighted by Gasteiger charge is -1.91. The van der Waals surface area contributed by atoms with Gasteiger partial charge < -0.3 is 4.74 Å². The van der Waals surface area contributed by atoms with Crippen molar-refractivity contribution in [2.75, 3.05) is 20.3 Å². The van der Waals surface area contributed by atoms with Crippen molar-refractivity contribution in [3.05, 3.63) is 0 Å². The van der Waals surface area contributed by atoms with Gasteiger partial charge in [0.15, 0.2) is 0 Å². The Morgan fingerprint density at radius 1 is 1.83 bits per heavy atom. The van der Waals surface area contributed by atoms with Crippen molar-refractivity contribution in [3.8, 4) is 0 Å². The van der Waals surface area contributed by atoms with Gasteiger partial charge in [0.2, 0.25) is 0 Å². The molecule has 6 heavy (non-hydrogen) atoms. The Bertz CT molecular complexity index is 22.8. The molecule has 0 bridgehead atoms. The van der Waals surface area contributed by atoms with Gasteiger partial charge in [0.1, 0.15) is 0 Å². The van der Waals surface area contributed by atoms with E-state index >= 15 is 0 Å². The van der Waals surface area contributed by atoms with Gasteiger partial charge in [-0.1, -0.05) is 9.39 Å². The van der Waals surface area contributed by atoms with Crippen LogP contribution in [0.2, 0.25) is 0 Å². The van der Waals surface area contributed by atoms with Crippen LogP contribution >= 0.6 is 9.39 Å². The van der Waals surface area contributed by atoms with Gasteiger partial charge in [-0.25, -0.2) is 0 Å². The topological polar surface area (TPSA) is 21.3 Å². The maximum Gasteiger partial charge on any atom is 0.0590 e. The normalized spacial score (nSPS) is 9.00. The van der Waals surface area contributed by atoms with E-state index < -0.39 is 0 Å². The monoisotopic (exact) mass is 107 g/mol. The molecule has 3 heteroatoms. The minimum atomic E-state index is 0.781. The fourth-order valence-electron chi connectivity index (χ4n) is 0.161. The fourth-order valence-corrected chi connectivity index (χ4v) is 0.279. The lowest BCUT2D eigenvalue weighted by atomic mass is 10.7. The zero-order valence-electron chi connectivity index (χ0n) is 3.90. The van der Waals surface area contributed by atoms with Crippen molar-refractivity contribution in [2.24, 2.45) is 0 Å². The number of hydrogen-bond donors (Lipinski definition) is 1. The first kappa shape index (κ1) is 6.35. The Kier molecular flexibility index (Phi) is 5.66. The molecule has 1 atom stereocenters. The molecule has 1 unspecified atom stereocenters. The Morgan fingerprint density at radius 2 is 2.50 bits per heavy atom. The highest BCUT2D eigenvalue weighted by Gasteiger charge is 1.72. The van der Waals surface area contributed by atoms with E-state index in [1.807, 2.05) is 0 Å². The minimum absolute atomic E-state index is 0.781. The van der Waals surface area contributed by atoms with Crippen LogP contribution in [0.5, 0.6) is 0 Å². The molecule has 0 aliphatic heterocycles. The summed E-state index contributed by atoms with van der Waals surface area (Å²) in [4.78, 5) is 0. The summed E-state index contributed by atoms with van der Waals surface area (Å²) < 4.78 is 4.71. The zero-order chi connectivity index (χ0) is 4.83. The SMILES string of the molecule is COCCNP. The molecule has 0 aliphatic rings. The molecule has 0 aromatic heterocycles. The van der Waals surface area contributed by atoms with E-state index in [-0.39, 0.29) is 0 Å². The molecule has 0 heterocycles. The minimum Gasteiger partial charge on any atom is -0.383 e. The lowest BCUT2D eigenvalue weighted by molar-refractivity contribution is 0.205. The molecular formula is C3H10NOP. The first-order chi connectivity index (χ1) is 2.91. The highest BCUT2D eigenvalue weighted by molar-refractivity contribution is 7.13. The summed E-state index contributed by atoms with van der Waals surface area (Å²) in [6, 6.07) is 0. The van der Waals surface area contributed by atoms with Gasteiger partial charge in [0.05, 0.1) is 6.61 Å². The van der Waals surface area contributed by atoms with Gasteiger partial charge in [-0.3, -0.25) is 5.09 Å². The summed E-state index contributed by atoms with van der Waals surface area (Å²) in [5.74, 6) is 0. The predicted molar refractivity (Wildman–Crippen MR) is 29.6 cm³/mol. The Balaban J connectivity index is 2.34. The van der Waals surface area contributed by atoms with Gasteiger partial charge >= 0.3 is 0 Å². The molecule has 0 fully saturated rings. The molecule has 0 spiro atoms. The van der Waals surface area contributed by atoms with Crippen molar-refractivity contribution in [3.63, 3.8) is 0 Å². The third kappa shape index (κ3) is 4.35. The maximum atomic E-state index is 4.71. The van der Waals surface area contributed by atoms with E-state index in [0.29, 0.717) is 0 Å². The number of methoxy groups -OCH3 is 1. The van der Waals surface area contributed by atoms with Crippen molar-refractivity contribution < 1.29 is 4.74 Å². The summed E-state index contributed by atoms with van der Waals surface area (Å²) >= 11 is 0. The number of rotatable bonds is 3. The second-order valence-electron chi connectivity index (χ2n) is 0.947. The van der Waals surface area contributed by atoms with E-state index in [1.54, 1.807) is 7.11 Å². The van der Waals surface area contributed by atoms with Gasteiger partial charge in [0, 0.05) is 13.7 Å². The van der Waals surface area contributed by atoms with Crippen LogP contribution in [-0.2, 0) is 4.74 Å². The van der Waals surface area contributed by atoms with Crippen molar-refractivity contribution >= 4 is 9.39 Å². The quantitative estimate of drug-likeness (QED) is 0.405. The van der Waals surface area contributed by atoms with Crippen LogP contribution in [0.25, 0.3) is 0 Å². The maximum absolute atomic E-state index is 4.71. The van der Waals surface area contributed by atoms with E-state index in [9.17, 15) is 0 Å². The standard InChI is InChI=1S/C3H10NOP/c1-5-3-2-4-6/h4H,2-3,6H2,1H3. The third-order valence-electron chi connectivity index (χ3n) is 0.451. The first-order valence-electron chi connectivity index (χ1n) is 1.84. The molecule has 0 amide bonds. The summed E-state index contributed by atoms with van der Waals surface area (Å²) in [6.07, 6.45) is 0. The van der Waals surface area contributed by atoms with Crippen LogP contribution in [0, 0.1) is 0 Å². The number of ether oxygens (including phenoxy) is 1. The van der Waals surface area contributed by atoms with Crippen LogP contribution in [0.4, 0.5) is 0 Å². The highest BCUT2D eigenvalue weighted by atomic mass is 31.0. The van der Waals surface area contributed by atoms with Crippen molar-refractivity contribution in [1.29, 1.82) is 0 Å². The van der Waals surface area contributed by atoms with Crippen LogP contribution in [0.1, 0.15) is 0 Å². The molecule has 0 saturated carbocycles. The van der Waals surface area contributed by atoms with Gasteiger partial charge in [-0.05, 0) is 0 Å². The third-order valence-corrected chi connectivity index (χ3v) is 0.739. The average molecular weight is 107 g/mol. The van der Waals surface area contributed by atoms with Crippen LogP contribution in [0.15, 0.2) is 0 Å². The molecule has 0 aromatic carbocycles. The zero-order valence-corrected chi connectivity index (χ0v) is 5.05. The van der Waals surface area contributed by atoms with Crippen LogP contribution in [-0.4, -0.2) is 20.3 Å². The molecule has 1 N–H and O–H groups in total. The van der Waals surface area contributed by atoms with E-state index in [2.05, 4.69) is 14.5 Å². The van der Waals surface area contributed by atoms with Gasteiger partial charge in [0.25, 0.3) is 0 Å². The summed E-state index contributed by atoms with van der Waals surface area (Å²) in [5.41, 5.74) is 0. The summed E-state index contributed by atoms with van der Waals surface area (Å²) in [7, 11) is 4.08. The van der Waals surface area contributed by atoms with Gasteiger partial charge in [-0.15, -0.1) is 0 Å². The highest BCUT2D eigenvalue weighted by Crippen LogP contribution is 1.66. The summed E-state index contributed by atoms with van der Waals surface area (Å²) in [6.45, 7) is 1.69. The summed E-state index contributed by atoms with van der Waals surface area (Å²) in [5, 5.41) is 2.86. The molecule has 0 rings (SSSR count). The average Bonchev–Trinajstić information content (AvgIpc) is 1.61. The van der Waals surface area contributed by atoms with Crippen molar-refractivity contribution in [1.82, 2.24) is 5.09 Å². The molecule has 0 aromatic rings.